The number of carbonyl (C=O) groups excluding carboxylic acids is 1. The van der Waals surface area contributed by atoms with E-state index in [1.165, 1.54) is 12.1 Å². The van der Waals surface area contributed by atoms with Crippen LogP contribution in [0.15, 0.2) is 28.0 Å². The van der Waals surface area contributed by atoms with E-state index in [4.69, 9.17) is 0 Å². The molecule has 1 aliphatic heterocycles. The molecule has 0 unspecified atom stereocenters. The van der Waals surface area contributed by atoms with Crippen molar-refractivity contribution in [2.24, 2.45) is 0 Å². The van der Waals surface area contributed by atoms with E-state index in [9.17, 15) is 13.2 Å². The highest BCUT2D eigenvalue weighted by molar-refractivity contribution is 7.96. The average Bonchev–Trinajstić information content (AvgIpc) is 2.37. The highest BCUT2D eigenvalue weighted by Gasteiger charge is 2.28. The summed E-state index contributed by atoms with van der Waals surface area (Å²) in [6.07, 6.45) is 1.79. The van der Waals surface area contributed by atoms with E-state index >= 15 is 0 Å². The van der Waals surface area contributed by atoms with Crippen LogP contribution in [-0.2, 0) is 14.6 Å². The van der Waals surface area contributed by atoms with Gasteiger partial charge in [0.25, 0.3) is 0 Å². The standard InChI is InChI=1S/C10H8O3S/c1-7-2-3-10-8(4-7)5-9(6-11)14(10,12)13/h2-6H,1H3. The van der Waals surface area contributed by atoms with E-state index in [0.29, 0.717) is 11.8 Å². The van der Waals surface area contributed by atoms with Crippen molar-refractivity contribution in [2.45, 2.75) is 11.8 Å². The molecule has 1 aromatic carbocycles. The van der Waals surface area contributed by atoms with Crippen LogP contribution in [0.2, 0.25) is 0 Å². The van der Waals surface area contributed by atoms with Gasteiger partial charge in [0.2, 0.25) is 9.84 Å². The lowest BCUT2D eigenvalue weighted by Gasteiger charge is -1.99. The van der Waals surface area contributed by atoms with E-state index in [2.05, 4.69) is 0 Å². The SMILES string of the molecule is Cc1ccc2c(c1)C=C(C=O)S2(=O)=O. The number of carbonyl (C=O) groups is 1. The number of hydrogen-bond acceptors (Lipinski definition) is 3. The molecule has 0 bridgehead atoms. The molecule has 0 fully saturated rings. The van der Waals surface area contributed by atoms with Crippen LogP contribution in [0.1, 0.15) is 11.1 Å². The number of aryl methyl sites for hydroxylation is 1. The van der Waals surface area contributed by atoms with Crippen molar-refractivity contribution in [3.05, 3.63) is 34.2 Å². The van der Waals surface area contributed by atoms with Crippen molar-refractivity contribution in [2.75, 3.05) is 0 Å². The molecule has 4 heteroatoms. The van der Waals surface area contributed by atoms with Crippen molar-refractivity contribution in [1.29, 1.82) is 0 Å². The first-order valence-electron chi connectivity index (χ1n) is 4.08. The van der Waals surface area contributed by atoms with Gasteiger partial charge in [-0.1, -0.05) is 17.7 Å². The maximum atomic E-state index is 11.6. The number of hydrogen-bond donors (Lipinski definition) is 0. The normalized spacial score (nSPS) is 17.4. The quantitative estimate of drug-likeness (QED) is 0.654. The van der Waals surface area contributed by atoms with Crippen LogP contribution in [0, 0.1) is 6.92 Å². The molecular weight excluding hydrogens is 200 g/mol. The number of sulfone groups is 1. The third-order valence-electron chi connectivity index (χ3n) is 2.18. The summed E-state index contributed by atoms with van der Waals surface area (Å²) < 4.78 is 23.3. The number of aldehydes is 1. The molecular formula is C10H8O3S. The van der Waals surface area contributed by atoms with Gasteiger partial charge >= 0.3 is 0 Å². The Labute approximate surface area is 82.0 Å². The summed E-state index contributed by atoms with van der Waals surface area (Å²) in [5.74, 6) is 0. The Morgan fingerprint density at radius 2 is 2.00 bits per heavy atom. The summed E-state index contributed by atoms with van der Waals surface area (Å²) in [5, 5.41) is 0. The Bertz CT molecular complexity index is 538. The molecule has 3 nitrogen and oxygen atoms in total. The number of rotatable bonds is 1. The summed E-state index contributed by atoms with van der Waals surface area (Å²) in [7, 11) is -3.52. The van der Waals surface area contributed by atoms with Crippen LogP contribution in [0.3, 0.4) is 0 Å². The summed E-state index contributed by atoms with van der Waals surface area (Å²) in [5.41, 5.74) is 1.58. The summed E-state index contributed by atoms with van der Waals surface area (Å²) in [4.78, 5) is 10.6. The minimum atomic E-state index is -3.52. The predicted octanol–water partition coefficient (Wildman–Crippen LogP) is 1.32. The highest BCUT2D eigenvalue weighted by Crippen LogP contribution is 2.31. The van der Waals surface area contributed by atoms with Crippen LogP contribution in [-0.4, -0.2) is 14.7 Å². The van der Waals surface area contributed by atoms with Crippen LogP contribution in [0.5, 0.6) is 0 Å². The summed E-state index contributed by atoms with van der Waals surface area (Å²) >= 11 is 0. The number of benzene rings is 1. The van der Waals surface area contributed by atoms with Gasteiger partial charge in [0.1, 0.15) is 4.91 Å². The van der Waals surface area contributed by atoms with Gasteiger partial charge in [-0.3, -0.25) is 4.79 Å². The Hall–Kier alpha value is -1.42. The molecule has 0 saturated heterocycles. The topological polar surface area (TPSA) is 51.2 Å². The van der Waals surface area contributed by atoms with Gasteiger partial charge in [-0.05, 0) is 24.6 Å². The lowest BCUT2D eigenvalue weighted by atomic mass is 10.1. The molecule has 0 spiro atoms. The van der Waals surface area contributed by atoms with Crippen molar-refractivity contribution in [3.8, 4) is 0 Å². The zero-order valence-corrected chi connectivity index (χ0v) is 8.34. The second-order valence-corrected chi connectivity index (χ2v) is 5.13. The number of fused-ring (bicyclic) bond motifs is 1. The molecule has 1 heterocycles. The van der Waals surface area contributed by atoms with Crippen LogP contribution in [0.25, 0.3) is 6.08 Å². The number of allylic oxidation sites excluding steroid dienone is 1. The van der Waals surface area contributed by atoms with E-state index in [0.717, 1.165) is 5.56 Å². The summed E-state index contributed by atoms with van der Waals surface area (Å²) in [6, 6.07) is 5.01. The molecule has 1 aliphatic rings. The molecule has 1 aromatic rings. The van der Waals surface area contributed by atoms with E-state index in [1.807, 2.05) is 6.92 Å². The average molecular weight is 208 g/mol. The second kappa shape index (κ2) is 2.78. The van der Waals surface area contributed by atoms with E-state index in [1.54, 1.807) is 12.1 Å². The van der Waals surface area contributed by atoms with E-state index < -0.39 is 9.84 Å². The Kier molecular flexibility index (Phi) is 1.82. The van der Waals surface area contributed by atoms with Crippen molar-refractivity contribution in [3.63, 3.8) is 0 Å². The minimum Gasteiger partial charge on any atom is -0.297 e. The fourth-order valence-electron chi connectivity index (χ4n) is 1.48. The summed E-state index contributed by atoms with van der Waals surface area (Å²) in [6.45, 7) is 1.87. The lowest BCUT2D eigenvalue weighted by Crippen LogP contribution is -2.01. The molecule has 0 atom stereocenters. The van der Waals surface area contributed by atoms with Crippen LogP contribution in [0.4, 0.5) is 0 Å². The van der Waals surface area contributed by atoms with Crippen molar-refractivity contribution >= 4 is 22.2 Å². The molecule has 0 amide bonds. The molecule has 0 aromatic heterocycles. The molecule has 0 aliphatic carbocycles. The highest BCUT2D eigenvalue weighted by atomic mass is 32.2. The van der Waals surface area contributed by atoms with Crippen LogP contribution >= 0.6 is 0 Å². The largest absolute Gasteiger partial charge is 0.297 e. The molecule has 14 heavy (non-hydrogen) atoms. The maximum Gasteiger partial charge on any atom is 0.210 e. The lowest BCUT2D eigenvalue weighted by molar-refractivity contribution is -0.104. The van der Waals surface area contributed by atoms with Crippen LogP contribution < -0.4 is 0 Å². The Balaban J connectivity index is 2.77. The van der Waals surface area contributed by atoms with Crippen molar-refractivity contribution in [1.82, 2.24) is 0 Å². The first-order chi connectivity index (χ1) is 6.55. The smallest absolute Gasteiger partial charge is 0.210 e. The zero-order chi connectivity index (χ0) is 10.3. The first-order valence-corrected chi connectivity index (χ1v) is 5.56. The third kappa shape index (κ3) is 1.11. The van der Waals surface area contributed by atoms with Gasteiger partial charge in [0.05, 0.1) is 4.90 Å². The molecule has 0 N–H and O–H groups in total. The monoisotopic (exact) mass is 208 g/mol. The van der Waals surface area contributed by atoms with Gasteiger partial charge in [-0.2, -0.15) is 0 Å². The first kappa shape index (κ1) is 9.15. The van der Waals surface area contributed by atoms with Gasteiger partial charge in [0.15, 0.2) is 6.29 Å². The molecule has 2 rings (SSSR count). The van der Waals surface area contributed by atoms with Gasteiger partial charge < -0.3 is 0 Å². The Morgan fingerprint density at radius 3 is 2.64 bits per heavy atom. The zero-order valence-electron chi connectivity index (χ0n) is 7.52. The van der Waals surface area contributed by atoms with Gasteiger partial charge in [0, 0.05) is 0 Å². The minimum absolute atomic E-state index is 0.155. The fraction of sp³-hybridized carbons (Fsp3) is 0.100. The third-order valence-corrected chi connectivity index (χ3v) is 3.96. The molecule has 72 valence electrons. The fourth-order valence-corrected chi connectivity index (χ4v) is 2.82. The van der Waals surface area contributed by atoms with Crippen molar-refractivity contribution < 1.29 is 13.2 Å². The Morgan fingerprint density at radius 1 is 1.29 bits per heavy atom. The van der Waals surface area contributed by atoms with E-state index in [-0.39, 0.29) is 9.80 Å². The molecule has 0 radical (unpaired) electrons. The predicted molar refractivity (Wildman–Crippen MR) is 52.4 cm³/mol. The molecule has 0 saturated carbocycles. The maximum absolute atomic E-state index is 11.6. The van der Waals surface area contributed by atoms with Gasteiger partial charge in [-0.15, -0.1) is 0 Å². The second-order valence-electron chi connectivity index (χ2n) is 3.21. The van der Waals surface area contributed by atoms with Gasteiger partial charge in [-0.25, -0.2) is 8.42 Å².